The number of hydrogen-bond donors (Lipinski definition) is 1. The molecule has 4 rings (SSSR count). The van der Waals surface area contributed by atoms with Gasteiger partial charge in [0.05, 0.1) is 10.9 Å². The largest absolute Gasteiger partial charge is 0.369 e. The minimum atomic E-state index is 0.788. The average Bonchev–Trinajstić information content (AvgIpc) is 3.15. The fraction of sp³-hybridized carbons (Fsp3) is 0.143. The van der Waals surface area contributed by atoms with Gasteiger partial charge in [0.25, 0.3) is 0 Å². The number of aromatic nitrogens is 2. The van der Waals surface area contributed by atoms with Gasteiger partial charge in [0.1, 0.15) is 11.6 Å². The molecular formula is C21H19N3S. The van der Waals surface area contributed by atoms with Gasteiger partial charge >= 0.3 is 0 Å². The van der Waals surface area contributed by atoms with Crippen molar-refractivity contribution < 1.29 is 0 Å². The quantitative estimate of drug-likeness (QED) is 0.532. The Morgan fingerprint density at radius 1 is 0.920 bits per heavy atom. The number of rotatable bonds is 5. The summed E-state index contributed by atoms with van der Waals surface area (Å²) >= 11 is 1.79. The van der Waals surface area contributed by atoms with Crippen molar-refractivity contribution in [3.8, 4) is 11.1 Å². The number of aryl methyl sites for hydroxylation is 1. The first kappa shape index (κ1) is 15.8. The van der Waals surface area contributed by atoms with E-state index in [1.807, 2.05) is 13.0 Å². The molecule has 0 aliphatic carbocycles. The zero-order chi connectivity index (χ0) is 17.1. The fourth-order valence-corrected chi connectivity index (χ4v) is 3.75. The van der Waals surface area contributed by atoms with Crippen LogP contribution in [-0.2, 0) is 6.42 Å². The normalized spacial score (nSPS) is 10.9. The molecule has 0 saturated heterocycles. The summed E-state index contributed by atoms with van der Waals surface area (Å²) < 4.78 is 0. The van der Waals surface area contributed by atoms with Crippen LogP contribution in [0.3, 0.4) is 0 Å². The summed E-state index contributed by atoms with van der Waals surface area (Å²) in [6.07, 6.45) is 0.996. The Morgan fingerprint density at radius 3 is 2.60 bits per heavy atom. The van der Waals surface area contributed by atoms with Crippen molar-refractivity contribution in [2.45, 2.75) is 13.3 Å². The van der Waals surface area contributed by atoms with E-state index < -0.39 is 0 Å². The number of anilines is 1. The Hall–Kier alpha value is -2.72. The van der Waals surface area contributed by atoms with Gasteiger partial charge in [-0.05, 0) is 42.0 Å². The summed E-state index contributed by atoms with van der Waals surface area (Å²) in [6.45, 7) is 2.80. The summed E-state index contributed by atoms with van der Waals surface area (Å²) in [5.41, 5.74) is 3.33. The average molecular weight is 345 g/mol. The van der Waals surface area contributed by atoms with Crippen LogP contribution in [0.5, 0.6) is 0 Å². The minimum absolute atomic E-state index is 0.788. The first-order valence-electron chi connectivity index (χ1n) is 8.40. The third-order valence-electron chi connectivity index (χ3n) is 4.16. The van der Waals surface area contributed by atoms with Crippen LogP contribution < -0.4 is 5.32 Å². The van der Waals surface area contributed by atoms with Crippen molar-refractivity contribution in [1.82, 2.24) is 9.97 Å². The van der Waals surface area contributed by atoms with E-state index in [0.29, 0.717) is 0 Å². The monoisotopic (exact) mass is 345 g/mol. The highest BCUT2D eigenvalue weighted by molar-refractivity contribution is 7.09. The zero-order valence-corrected chi connectivity index (χ0v) is 14.9. The highest BCUT2D eigenvalue weighted by Crippen LogP contribution is 2.32. The number of nitrogens with zero attached hydrogens (tertiary/aromatic N) is 2. The third kappa shape index (κ3) is 3.39. The summed E-state index contributed by atoms with van der Waals surface area (Å²) in [7, 11) is 0. The molecule has 3 nitrogen and oxygen atoms in total. The van der Waals surface area contributed by atoms with Crippen LogP contribution in [0.1, 0.15) is 10.7 Å². The van der Waals surface area contributed by atoms with Gasteiger partial charge < -0.3 is 5.32 Å². The number of nitrogens with one attached hydrogen (secondary N) is 1. The number of benzene rings is 2. The molecule has 0 bridgehead atoms. The van der Waals surface area contributed by atoms with Crippen molar-refractivity contribution in [1.29, 1.82) is 0 Å². The molecule has 25 heavy (non-hydrogen) atoms. The van der Waals surface area contributed by atoms with Gasteiger partial charge in [-0.2, -0.15) is 0 Å². The predicted molar refractivity (Wildman–Crippen MR) is 106 cm³/mol. The highest BCUT2D eigenvalue weighted by Gasteiger charge is 2.11. The van der Waals surface area contributed by atoms with Crippen molar-refractivity contribution >= 4 is 28.1 Å². The Morgan fingerprint density at radius 2 is 1.80 bits per heavy atom. The van der Waals surface area contributed by atoms with Crippen LogP contribution in [0.25, 0.3) is 22.0 Å². The van der Waals surface area contributed by atoms with Gasteiger partial charge in [0.2, 0.25) is 0 Å². The molecule has 0 amide bonds. The van der Waals surface area contributed by atoms with E-state index in [9.17, 15) is 0 Å². The maximum atomic E-state index is 4.69. The first-order valence-corrected chi connectivity index (χ1v) is 9.28. The molecular weight excluding hydrogens is 326 g/mol. The lowest BCUT2D eigenvalue weighted by molar-refractivity contribution is 1.01. The molecule has 2 aromatic carbocycles. The van der Waals surface area contributed by atoms with Crippen molar-refractivity contribution in [2.24, 2.45) is 0 Å². The molecule has 0 atom stereocenters. The van der Waals surface area contributed by atoms with Gasteiger partial charge in [0, 0.05) is 11.4 Å². The molecule has 1 N–H and O–H groups in total. The van der Waals surface area contributed by atoms with Crippen LogP contribution >= 0.6 is 11.3 Å². The van der Waals surface area contributed by atoms with Crippen LogP contribution in [0.15, 0.2) is 66.0 Å². The second-order valence-electron chi connectivity index (χ2n) is 5.94. The highest BCUT2D eigenvalue weighted by atomic mass is 32.1. The van der Waals surface area contributed by atoms with Crippen molar-refractivity contribution in [3.05, 3.63) is 76.7 Å². The van der Waals surface area contributed by atoms with E-state index in [1.54, 1.807) is 11.3 Å². The Balaban J connectivity index is 1.74. The fourth-order valence-electron chi connectivity index (χ4n) is 3.04. The van der Waals surface area contributed by atoms with E-state index in [0.717, 1.165) is 41.1 Å². The topological polar surface area (TPSA) is 37.8 Å². The van der Waals surface area contributed by atoms with Crippen molar-refractivity contribution in [3.63, 3.8) is 0 Å². The maximum absolute atomic E-state index is 4.69. The molecule has 0 radical (unpaired) electrons. The second-order valence-corrected chi connectivity index (χ2v) is 6.97. The SMILES string of the molecule is Cc1nc(NCCc2cccs2)c2c(-c3ccccc3)cccc2n1. The number of hydrogen-bond acceptors (Lipinski definition) is 4. The summed E-state index contributed by atoms with van der Waals surface area (Å²) in [5.74, 6) is 1.70. The lowest BCUT2D eigenvalue weighted by Gasteiger charge is -2.13. The molecule has 2 aromatic heterocycles. The first-order chi connectivity index (χ1) is 12.3. The summed E-state index contributed by atoms with van der Waals surface area (Å²) in [6, 6.07) is 20.9. The van der Waals surface area contributed by atoms with E-state index in [2.05, 4.69) is 75.3 Å². The third-order valence-corrected chi connectivity index (χ3v) is 5.10. The molecule has 0 fully saturated rings. The van der Waals surface area contributed by atoms with Gasteiger partial charge in [0.15, 0.2) is 0 Å². The molecule has 0 saturated carbocycles. The molecule has 0 unspecified atom stereocenters. The molecule has 0 spiro atoms. The van der Waals surface area contributed by atoms with Gasteiger partial charge in [-0.1, -0.05) is 48.5 Å². The van der Waals surface area contributed by atoms with Crippen LogP contribution in [-0.4, -0.2) is 16.5 Å². The van der Waals surface area contributed by atoms with Crippen molar-refractivity contribution in [2.75, 3.05) is 11.9 Å². The van der Waals surface area contributed by atoms with Crippen LogP contribution in [0, 0.1) is 6.92 Å². The molecule has 2 heterocycles. The Bertz CT molecular complexity index is 979. The van der Waals surface area contributed by atoms with Crippen LogP contribution in [0.4, 0.5) is 5.82 Å². The number of fused-ring (bicyclic) bond motifs is 1. The lowest BCUT2D eigenvalue weighted by Crippen LogP contribution is -2.08. The lowest BCUT2D eigenvalue weighted by atomic mass is 10.0. The molecule has 0 aliphatic rings. The maximum Gasteiger partial charge on any atom is 0.138 e. The van der Waals surface area contributed by atoms with E-state index in [1.165, 1.54) is 10.4 Å². The predicted octanol–water partition coefficient (Wildman–Crippen LogP) is 5.32. The zero-order valence-electron chi connectivity index (χ0n) is 14.1. The van der Waals surface area contributed by atoms with E-state index in [-0.39, 0.29) is 0 Å². The van der Waals surface area contributed by atoms with E-state index in [4.69, 9.17) is 0 Å². The smallest absolute Gasteiger partial charge is 0.138 e. The second kappa shape index (κ2) is 7.03. The van der Waals surface area contributed by atoms with Crippen LogP contribution in [0.2, 0.25) is 0 Å². The molecule has 124 valence electrons. The molecule has 0 aliphatic heterocycles. The molecule has 4 aromatic rings. The van der Waals surface area contributed by atoms with E-state index >= 15 is 0 Å². The molecule has 4 heteroatoms. The Kier molecular flexibility index (Phi) is 4.44. The van der Waals surface area contributed by atoms with Gasteiger partial charge in [-0.15, -0.1) is 11.3 Å². The number of thiophene rings is 1. The summed E-state index contributed by atoms with van der Waals surface area (Å²) in [4.78, 5) is 10.7. The summed E-state index contributed by atoms with van der Waals surface area (Å²) in [5, 5.41) is 6.74. The van der Waals surface area contributed by atoms with Gasteiger partial charge in [-0.3, -0.25) is 0 Å². The Labute approximate surface area is 151 Å². The minimum Gasteiger partial charge on any atom is -0.369 e. The standard InChI is InChI=1S/C21H19N3S/c1-15-23-19-11-5-10-18(16-7-3-2-4-8-16)20(19)21(24-15)22-13-12-17-9-6-14-25-17/h2-11,14H,12-13H2,1H3,(H,22,23,24). The van der Waals surface area contributed by atoms with Gasteiger partial charge in [-0.25, -0.2) is 9.97 Å².